The maximum atomic E-state index is 11.4. The Morgan fingerprint density at radius 1 is 1.53 bits per heavy atom. The monoisotopic (exact) mass is 262 g/mol. The van der Waals surface area contributed by atoms with Crippen molar-refractivity contribution in [1.29, 1.82) is 0 Å². The molecule has 3 N–H and O–H groups in total. The Hall–Kier alpha value is -1.58. The Labute approximate surface area is 114 Å². The number of hydrogen-bond acceptors (Lipinski definition) is 3. The van der Waals surface area contributed by atoms with Crippen molar-refractivity contribution >= 4 is 11.7 Å². The van der Waals surface area contributed by atoms with Crippen LogP contribution in [0.2, 0.25) is 0 Å². The fourth-order valence-corrected chi connectivity index (χ4v) is 3.17. The minimum Gasteiger partial charge on any atom is -0.481 e. The van der Waals surface area contributed by atoms with E-state index in [2.05, 4.69) is 11.9 Å². The number of rotatable bonds is 4. The first-order chi connectivity index (χ1) is 9.11. The Bertz CT molecular complexity index is 448. The van der Waals surface area contributed by atoms with E-state index in [4.69, 9.17) is 5.73 Å². The van der Waals surface area contributed by atoms with E-state index in [1.54, 1.807) is 18.5 Å². The quantitative estimate of drug-likeness (QED) is 0.874. The number of carboxylic acid groups (broad SMARTS) is 1. The van der Waals surface area contributed by atoms with Crippen LogP contribution in [0.4, 0.5) is 5.69 Å². The highest BCUT2D eigenvalue weighted by atomic mass is 16.4. The molecule has 0 aromatic carbocycles. The van der Waals surface area contributed by atoms with Crippen LogP contribution >= 0.6 is 0 Å². The van der Waals surface area contributed by atoms with Crippen molar-refractivity contribution < 1.29 is 9.90 Å². The highest BCUT2D eigenvalue weighted by Crippen LogP contribution is 2.38. The second-order valence-electron chi connectivity index (χ2n) is 5.57. The largest absolute Gasteiger partial charge is 0.481 e. The van der Waals surface area contributed by atoms with Crippen molar-refractivity contribution in [1.82, 2.24) is 4.98 Å². The van der Waals surface area contributed by atoms with E-state index in [1.165, 1.54) is 0 Å². The van der Waals surface area contributed by atoms with Gasteiger partial charge in [-0.05, 0) is 49.1 Å². The molecule has 1 aromatic heterocycles. The van der Waals surface area contributed by atoms with Crippen LogP contribution in [0.5, 0.6) is 0 Å². The van der Waals surface area contributed by atoms with Crippen LogP contribution in [-0.2, 0) is 11.2 Å². The molecule has 104 valence electrons. The number of carbonyl (C=O) groups is 1. The minimum atomic E-state index is -0.665. The summed E-state index contributed by atoms with van der Waals surface area (Å²) < 4.78 is 0. The molecule has 3 unspecified atom stereocenters. The molecule has 1 aliphatic carbocycles. The molecular formula is C15H22N2O2. The fourth-order valence-electron chi connectivity index (χ4n) is 3.17. The van der Waals surface area contributed by atoms with Crippen molar-refractivity contribution in [3.05, 3.63) is 24.0 Å². The van der Waals surface area contributed by atoms with Crippen molar-refractivity contribution in [2.45, 2.75) is 39.0 Å². The van der Waals surface area contributed by atoms with Crippen LogP contribution < -0.4 is 5.73 Å². The van der Waals surface area contributed by atoms with Gasteiger partial charge in [-0.15, -0.1) is 0 Å². The van der Waals surface area contributed by atoms with Crippen LogP contribution in [0.3, 0.4) is 0 Å². The molecule has 0 bridgehead atoms. The third-order valence-corrected chi connectivity index (χ3v) is 4.41. The molecule has 0 spiro atoms. The van der Waals surface area contributed by atoms with Crippen molar-refractivity contribution in [3.8, 4) is 0 Å². The van der Waals surface area contributed by atoms with Gasteiger partial charge in [0, 0.05) is 18.1 Å². The second-order valence-corrected chi connectivity index (χ2v) is 5.57. The summed E-state index contributed by atoms with van der Waals surface area (Å²) in [5.41, 5.74) is 7.64. The number of nitrogens with zero attached hydrogens (tertiary/aromatic N) is 1. The molecule has 0 amide bonds. The number of hydrogen-bond donors (Lipinski definition) is 2. The van der Waals surface area contributed by atoms with Gasteiger partial charge in [0.25, 0.3) is 0 Å². The first kappa shape index (κ1) is 13.8. The molecule has 1 heterocycles. The number of anilines is 1. The van der Waals surface area contributed by atoms with Gasteiger partial charge in [-0.2, -0.15) is 0 Å². The van der Waals surface area contributed by atoms with E-state index in [0.29, 0.717) is 5.92 Å². The van der Waals surface area contributed by atoms with Crippen LogP contribution in [-0.4, -0.2) is 16.1 Å². The number of aromatic nitrogens is 1. The topological polar surface area (TPSA) is 76.2 Å². The highest BCUT2D eigenvalue weighted by Gasteiger charge is 2.34. The Kier molecular flexibility index (Phi) is 4.40. The third-order valence-electron chi connectivity index (χ3n) is 4.41. The number of carboxylic acids is 1. The van der Waals surface area contributed by atoms with E-state index < -0.39 is 5.97 Å². The Morgan fingerprint density at radius 2 is 2.32 bits per heavy atom. The molecule has 1 saturated carbocycles. The van der Waals surface area contributed by atoms with E-state index >= 15 is 0 Å². The molecule has 4 heteroatoms. The number of nitrogen functional groups attached to an aromatic ring is 1. The Balaban J connectivity index is 2.13. The van der Waals surface area contributed by atoms with Crippen LogP contribution in [0.25, 0.3) is 0 Å². The normalized spacial score (nSPS) is 27.1. The highest BCUT2D eigenvalue weighted by molar-refractivity contribution is 5.70. The molecule has 0 radical (unpaired) electrons. The van der Waals surface area contributed by atoms with Gasteiger partial charge in [0.05, 0.1) is 5.92 Å². The summed E-state index contributed by atoms with van der Waals surface area (Å²) in [6.07, 6.45) is 8.11. The summed E-state index contributed by atoms with van der Waals surface area (Å²) in [5.74, 6) is -0.0642. The first-order valence-corrected chi connectivity index (χ1v) is 7.03. The molecule has 0 saturated heterocycles. The standard InChI is InChI=1S/C15H22N2O2/c1-2-10-3-4-13(15(18)19)11(7-10)8-12-9-17-6-5-14(12)16/h5-6,9-11,13H,2-4,7-8H2,1H3,(H2,16,17)(H,18,19). The zero-order valence-corrected chi connectivity index (χ0v) is 11.4. The van der Waals surface area contributed by atoms with Crippen LogP contribution in [0.1, 0.15) is 38.2 Å². The predicted molar refractivity (Wildman–Crippen MR) is 74.6 cm³/mol. The van der Waals surface area contributed by atoms with E-state index in [1.807, 2.05) is 0 Å². The lowest BCUT2D eigenvalue weighted by atomic mass is 9.71. The third kappa shape index (κ3) is 3.25. The molecule has 0 aliphatic heterocycles. The molecule has 1 fully saturated rings. The smallest absolute Gasteiger partial charge is 0.306 e. The molecule has 4 nitrogen and oxygen atoms in total. The molecule has 3 atom stereocenters. The summed E-state index contributed by atoms with van der Waals surface area (Å²) in [6.45, 7) is 2.18. The lowest BCUT2D eigenvalue weighted by molar-refractivity contribution is -0.145. The summed E-state index contributed by atoms with van der Waals surface area (Å²) in [5, 5.41) is 9.37. The average Bonchev–Trinajstić information content (AvgIpc) is 2.41. The van der Waals surface area contributed by atoms with Gasteiger partial charge in [0.2, 0.25) is 0 Å². The molecule has 19 heavy (non-hydrogen) atoms. The van der Waals surface area contributed by atoms with Gasteiger partial charge >= 0.3 is 5.97 Å². The Morgan fingerprint density at radius 3 is 2.95 bits per heavy atom. The fraction of sp³-hybridized carbons (Fsp3) is 0.600. The van der Waals surface area contributed by atoms with Gasteiger partial charge in [-0.3, -0.25) is 9.78 Å². The summed E-state index contributed by atoms with van der Waals surface area (Å²) in [7, 11) is 0. The number of pyridine rings is 1. The SMILES string of the molecule is CCC1CCC(C(=O)O)C(Cc2cnccc2N)C1. The summed E-state index contributed by atoms with van der Waals surface area (Å²) in [4.78, 5) is 15.5. The van der Waals surface area contributed by atoms with E-state index in [-0.39, 0.29) is 11.8 Å². The van der Waals surface area contributed by atoms with Gasteiger partial charge in [0.1, 0.15) is 0 Å². The molecule has 2 rings (SSSR count). The summed E-state index contributed by atoms with van der Waals surface area (Å²) in [6, 6.07) is 1.78. The van der Waals surface area contributed by atoms with Crippen molar-refractivity contribution in [2.24, 2.45) is 17.8 Å². The maximum absolute atomic E-state index is 11.4. The lowest BCUT2D eigenvalue weighted by Gasteiger charge is -2.33. The van der Waals surface area contributed by atoms with Crippen molar-refractivity contribution in [3.63, 3.8) is 0 Å². The summed E-state index contributed by atoms with van der Waals surface area (Å²) >= 11 is 0. The second kappa shape index (κ2) is 6.04. The van der Waals surface area contributed by atoms with Gasteiger partial charge in [-0.25, -0.2) is 0 Å². The average molecular weight is 262 g/mol. The zero-order chi connectivity index (χ0) is 13.8. The molecule has 1 aromatic rings. The van der Waals surface area contributed by atoms with Gasteiger partial charge in [0.15, 0.2) is 0 Å². The molecular weight excluding hydrogens is 240 g/mol. The number of nitrogens with two attached hydrogens (primary N) is 1. The molecule has 1 aliphatic rings. The maximum Gasteiger partial charge on any atom is 0.306 e. The van der Waals surface area contributed by atoms with Crippen LogP contribution in [0, 0.1) is 17.8 Å². The van der Waals surface area contributed by atoms with Crippen LogP contribution in [0.15, 0.2) is 18.5 Å². The lowest BCUT2D eigenvalue weighted by Crippen LogP contribution is -2.32. The zero-order valence-electron chi connectivity index (χ0n) is 11.4. The van der Waals surface area contributed by atoms with Crippen molar-refractivity contribution in [2.75, 3.05) is 5.73 Å². The van der Waals surface area contributed by atoms with Gasteiger partial charge < -0.3 is 10.8 Å². The van der Waals surface area contributed by atoms with E-state index in [0.717, 1.165) is 43.4 Å². The van der Waals surface area contributed by atoms with Gasteiger partial charge in [-0.1, -0.05) is 13.3 Å². The minimum absolute atomic E-state index is 0.183. The predicted octanol–water partition coefficient (Wildman–Crippen LogP) is 2.73. The number of aliphatic carboxylic acids is 1. The van der Waals surface area contributed by atoms with E-state index in [9.17, 15) is 9.90 Å². The first-order valence-electron chi connectivity index (χ1n) is 7.03.